The Balaban J connectivity index is 1.52. The smallest absolute Gasteiger partial charge is 0.255 e. The Morgan fingerprint density at radius 1 is 1.15 bits per heavy atom. The molecule has 2 saturated heterocycles. The van der Waals surface area contributed by atoms with Gasteiger partial charge in [-0.15, -0.1) is 0 Å². The minimum Gasteiger partial charge on any atom is -0.355 e. The van der Waals surface area contributed by atoms with Crippen molar-refractivity contribution in [1.29, 1.82) is 0 Å². The maximum atomic E-state index is 12.7. The summed E-state index contributed by atoms with van der Waals surface area (Å²) in [5.41, 5.74) is 2.31. The van der Waals surface area contributed by atoms with Crippen molar-refractivity contribution in [1.82, 2.24) is 15.2 Å². The monoisotopic (exact) mass is 349 g/mol. The van der Waals surface area contributed by atoms with Crippen LogP contribution in [-0.4, -0.2) is 41.3 Å². The number of pyridine rings is 1. The molecule has 1 aromatic heterocycles. The van der Waals surface area contributed by atoms with Gasteiger partial charge in [-0.05, 0) is 37.5 Å². The van der Waals surface area contributed by atoms with Crippen molar-refractivity contribution in [2.75, 3.05) is 19.6 Å². The lowest BCUT2D eigenvalue weighted by Crippen LogP contribution is -2.47. The van der Waals surface area contributed by atoms with Crippen LogP contribution in [0.4, 0.5) is 0 Å². The molecule has 5 nitrogen and oxygen atoms in total. The lowest BCUT2D eigenvalue weighted by Gasteiger charge is -2.41. The van der Waals surface area contributed by atoms with E-state index in [-0.39, 0.29) is 17.7 Å². The summed E-state index contributed by atoms with van der Waals surface area (Å²) < 4.78 is 0. The number of aryl methyl sites for hydroxylation is 1. The van der Waals surface area contributed by atoms with Gasteiger partial charge >= 0.3 is 0 Å². The molecule has 0 saturated carbocycles. The molecule has 0 bridgehead atoms. The molecule has 2 fully saturated rings. The van der Waals surface area contributed by atoms with Gasteiger partial charge in [0, 0.05) is 37.4 Å². The quantitative estimate of drug-likeness (QED) is 0.906. The summed E-state index contributed by atoms with van der Waals surface area (Å²) in [6.45, 7) is 3.78. The van der Waals surface area contributed by atoms with Gasteiger partial charge in [0.1, 0.15) is 0 Å². The fourth-order valence-electron chi connectivity index (χ4n) is 4.31. The second kappa shape index (κ2) is 6.56. The second-order valence-electron chi connectivity index (χ2n) is 7.31. The van der Waals surface area contributed by atoms with Crippen molar-refractivity contribution in [3.05, 3.63) is 65.5 Å². The second-order valence-corrected chi connectivity index (χ2v) is 7.31. The molecule has 1 spiro atoms. The Morgan fingerprint density at radius 2 is 1.88 bits per heavy atom. The highest BCUT2D eigenvalue weighted by molar-refractivity contribution is 5.94. The molecule has 0 unspecified atom stereocenters. The standard InChI is InChI=1S/C21H23N3O2/c1-15-7-8-17(13-22-15)19(25)24-11-9-21(10-12-24)18(14-23-20(21)26)16-5-3-2-4-6-16/h2-8,13,18H,9-12,14H2,1H3,(H,23,26)/t18-/m1/s1. The molecule has 2 aliphatic heterocycles. The van der Waals surface area contributed by atoms with Crippen LogP contribution in [0.25, 0.3) is 0 Å². The average molecular weight is 349 g/mol. The lowest BCUT2D eigenvalue weighted by molar-refractivity contribution is -0.130. The molecule has 2 amide bonds. The normalized spacial score (nSPS) is 21.7. The first-order valence-corrected chi connectivity index (χ1v) is 9.15. The Kier molecular flexibility index (Phi) is 4.23. The summed E-state index contributed by atoms with van der Waals surface area (Å²) in [5, 5.41) is 3.06. The number of rotatable bonds is 2. The Morgan fingerprint density at radius 3 is 2.54 bits per heavy atom. The van der Waals surface area contributed by atoms with E-state index in [2.05, 4.69) is 22.4 Å². The summed E-state index contributed by atoms with van der Waals surface area (Å²) in [5.74, 6) is 0.312. The highest BCUT2D eigenvalue weighted by atomic mass is 16.2. The van der Waals surface area contributed by atoms with E-state index in [0.717, 1.165) is 5.69 Å². The topological polar surface area (TPSA) is 62.3 Å². The first kappa shape index (κ1) is 16.8. The van der Waals surface area contributed by atoms with Gasteiger partial charge < -0.3 is 10.2 Å². The minimum absolute atomic E-state index is 0.00187. The maximum absolute atomic E-state index is 12.7. The first-order valence-electron chi connectivity index (χ1n) is 9.15. The molecule has 134 valence electrons. The van der Waals surface area contributed by atoms with Crippen molar-refractivity contribution >= 4 is 11.8 Å². The number of hydrogen-bond acceptors (Lipinski definition) is 3. The number of likely N-dealkylation sites (tertiary alicyclic amines) is 1. The molecule has 0 aliphatic carbocycles. The molecule has 1 aromatic carbocycles. The van der Waals surface area contributed by atoms with Gasteiger partial charge in [0.15, 0.2) is 0 Å². The van der Waals surface area contributed by atoms with E-state index in [1.807, 2.05) is 42.2 Å². The van der Waals surface area contributed by atoms with E-state index >= 15 is 0 Å². The Hall–Kier alpha value is -2.69. The van der Waals surface area contributed by atoms with E-state index in [4.69, 9.17) is 0 Å². The lowest BCUT2D eigenvalue weighted by atomic mass is 9.68. The molecule has 0 radical (unpaired) electrons. The molecule has 2 aromatic rings. The number of nitrogens with zero attached hydrogens (tertiary/aromatic N) is 2. The first-order chi connectivity index (χ1) is 12.6. The molecule has 1 atom stereocenters. The van der Waals surface area contributed by atoms with Crippen LogP contribution in [0.5, 0.6) is 0 Å². The van der Waals surface area contributed by atoms with E-state index in [9.17, 15) is 9.59 Å². The summed E-state index contributed by atoms with van der Waals surface area (Å²) in [6.07, 6.45) is 3.03. The Bertz CT molecular complexity index is 809. The van der Waals surface area contributed by atoms with Crippen molar-refractivity contribution in [2.24, 2.45) is 5.41 Å². The molecular weight excluding hydrogens is 326 g/mol. The number of carbonyl (C=O) groups excluding carboxylic acids is 2. The SMILES string of the molecule is Cc1ccc(C(=O)N2CCC3(CC2)C(=O)NC[C@@H]3c2ccccc2)cn1. The van der Waals surface area contributed by atoms with Crippen molar-refractivity contribution in [3.8, 4) is 0 Å². The largest absolute Gasteiger partial charge is 0.355 e. The zero-order valence-corrected chi connectivity index (χ0v) is 14.9. The van der Waals surface area contributed by atoms with Crippen LogP contribution < -0.4 is 5.32 Å². The highest BCUT2D eigenvalue weighted by Crippen LogP contribution is 2.47. The van der Waals surface area contributed by atoms with Crippen LogP contribution in [0.1, 0.15) is 40.4 Å². The van der Waals surface area contributed by atoms with Gasteiger partial charge in [0.2, 0.25) is 5.91 Å². The summed E-state index contributed by atoms with van der Waals surface area (Å²) in [6, 6.07) is 13.9. The van der Waals surface area contributed by atoms with E-state index in [1.54, 1.807) is 6.20 Å². The molecule has 1 N–H and O–H groups in total. The van der Waals surface area contributed by atoms with Gasteiger partial charge in [0.25, 0.3) is 5.91 Å². The van der Waals surface area contributed by atoms with Crippen LogP contribution >= 0.6 is 0 Å². The van der Waals surface area contributed by atoms with Crippen LogP contribution in [-0.2, 0) is 4.79 Å². The third kappa shape index (κ3) is 2.77. The summed E-state index contributed by atoms with van der Waals surface area (Å²) >= 11 is 0. The molecular formula is C21H23N3O2. The fraction of sp³-hybridized carbons (Fsp3) is 0.381. The number of benzene rings is 1. The van der Waals surface area contributed by atoms with Crippen molar-refractivity contribution in [2.45, 2.75) is 25.7 Å². The minimum atomic E-state index is -0.399. The number of amides is 2. The predicted octanol–water partition coefficient (Wildman–Crippen LogP) is 2.53. The van der Waals surface area contributed by atoms with Crippen LogP contribution in [0.15, 0.2) is 48.7 Å². The molecule has 2 aliphatic rings. The molecule has 26 heavy (non-hydrogen) atoms. The highest BCUT2D eigenvalue weighted by Gasteiger charge is 2.52. The van der Waals surface area contributed by atoms with Gasteiger partial charge in [-0.1, -0.05) is 30.3 Å². The number of aromatic nitrogens is 1. The molecule has 5 heteroatoms. The van der Waals surface area contributed by atoms with E-state index < -0.39 is 5.41 Å². The van der Waals surface area contributed by atoms with Crippen LogP contribution in [0, 0.1) is 12.3 Å². The van der Waals surface area contributed by atoms with E-state index in [1.165, 1.54) is 5.56 Å². The van der Waals surface area contributed by atoms with Gasteiger partial charge in [-0.3, -0.25) is 14.6 Å². The summed E-state index contributed by atoms with van der Waals surface area (Å²) in [4.78, 5) is 31.5. The number of nitrogens with one attached hydrogen (secondary N) is 1. The van der Waals surface area contributed by atoms with Gasteiger partial charge in [0.05, 0.1) is 11.0 Å². The van der Waals surface area contributed by atoms with Crippen LogP contribution in [0.2, 0.25) is 0 Å². The molecule has 3 heterocycles. The number of carbonyl (C=O) groups is 2. The maximum Gasteiger partial charge on any atom is 0.255 e. The van der Waals surface area contributed by atoms with Gasteiger partial charge in [-0.2, -0.15) is 0 Å². The Labute approximate surface area is 153 Å². The molecule has 4 rings (SSSR count). The number of piperidine rings is 1. The predicted molar refractivity (Wildman–Crippen MR) is 98.7 cm³/mol. The zero-order chi connectivity index (χ0) is 18.1. The van der Waals surface area contributed by atoms with Crippen LogP contribution in [0.3, 0.4) is 0 Å². The van der Waals surface area contributed by atoms with Crippen molar-refractivity contribution in [3.63, 3.8) is 0 Å². The van der Waals surface area contributed by atoms with E-state index in [0.29, 0.717) is 38.0 Å². The third-order valence-corrected chi connectivity index (χ3v) is 5.89. The van der Waals surface area contributed by atoms with Gasteiger partial charge in [-0.25, -0.2) is 0 Å². The zero-order valence-electron chi connectivity index (χ0n) is 14.9. The van der Waals surface area contributed by atoms with Crippen molar-refractivity contribution < 1.29 is 9.59 Å². The fourth-order valence-corrected chi connectivity index (χ4v) is 4.31. The average Bonchev–Trinajstić information content (AvgIpc) is 2.99. The third-order valence-electron chi connectivity index (χ3n) is 5.89. The summed E-state index contributed by atoms with van der Waals surface area (Å²) in [7, 11) is 0. The number of hydrogen-bond donors (Lipinski definition) is 1.